The van der Waals surface area contributed by atoms with Gasteiger partial charge in [-0.2, -0.15) is 0 Å². The van der Waals surface area contributed by atoms with Crippen LogP contribution in [0.5, 0.6) is 0 Å². The number of amides is 1. The standard InChI is InChI=1S/C25H21F2N3O3/c1-15-7-12-20(27)22-21(15)24(31)29-23(28-22)19(17-8-10-18(26)11-9-17)14-30(25(32)33)13-16-5-3-2-4-6-16/h2-12,19H,13-14H2,1H3,(H,32,33)(H,28,29,31). The Morgan fingerprint density at radius 1 is 1.06 bits per heavy atom. The minimum Gasteiger partial charge on any atom is -0.465 e. The number of fused-ring (bicyclic) bond motifs is 1. The second-order valence-corrected chi connectivity index (χ2v) is 7.79. The van der Waals surface area contributed by atoms with Gasteiger partial charge < -0.3 is 15.0 Å². The highest BCUT2D eigenvalue weighted by molar-refractivity contribution is 5.81. The quantitative estimate of drug-likeness (QED) is 0.442. The van der Waals surface area contributed by atoms with Crippen LogP contribution in [-0.4, -0.2) is 32.6 Å². The van der Waals surface area contributed by atoms with Crippen molar-refractivity contribution in [3.8, 4) is 0 Å². The number of aromatic nitrogens is 2. The maximum atomic E-state index is 14.6. The van der Waals surface area contributed by atoms with Crippen molar-refractivity contribution in [1.82, 2.24) is 14.9 Å². The van der Waals surface area contributed by atoms with Crippen LogP contribution in [0, 0.1) is 18.6 Å². The summed E-state index contributed by atoms with van der Waals surface area (Å²) in [5.41, 5.74) is 1.27. The summed E-state index contributed by atoms with van der Waals surface area (Å²) < 4.78 is 28.1. The van der Waals surface area contributed by atoms with E-state index in [1.165, 1.54) is 41.3 Å². The van der Waals surface area contributed by atoms with Gasteiger partial charge in [0.25, 0.3) is 5.56 Å². The lowest BCUT2D eigenvalue weighted by molar-refractivity contribution is 0.140. The van der Waals surface area contributed by atoms with Crippen molar-refractivity contribution in [1.29, 1.82) is 0 Å². The first-order chi connectivity index (χ1) is 15.8. The number of rotatable bonds is 6. The Bertz CT molecular complexity index is 1360. The van der Waals surface area contributed by atoms with Gasteiger partial charge in [0.05, 0.1) is 11.3 Å². The number of aromatic amines is 1. The van der Waals surface area contributed by atoms with Gasteiger partial charge in [0.1, 0.15) is 23.0 Å². The zero-order valence-corrected chi connectivity index (χ0v) is 17.8. The van der Waals surface area contributed by atoms with Crippen LogP contribution in [0.4, 0.5) is 13.6 Å². The van der Waals surface area contributed by atoms with Gasteiger partial charge in [-0.25, -0.2) is 18.6 Å². The summed E-state index contributed by atoms with van der Waals surface area (Å²) in [5, 5.41) is 9.98. The van der Waals surface area contributed by atoms with Crippen molar-refractivity contribution >= 4 is 17.0 Å². The average Bonchev–Trinajstić information content (AvgIpc) is 2.80. The van der Waals surface area contributed by atoms with Crippen LogP contribution in [0.2, 0.25) is 0 Å². The number of halogens is 2. The number of H-pyrrole nitrogens is 1. The lowest BCUT2D eigenvalue weighted by atomic mass is 9.96. The number of nitrogens with one attached hydrogen (secondary N) is 1. The van der Waals surface area contributed by atoms with Crippen LogP contribution in [0.25, 0.3) is 10.9 Å². The summed E-state index contributed by atoms with van der Waals surface area (Å²) in [6, 6.07) is 17.3. The highest BCUT2D eigenvalue weighted by atomic mass is 19.1. The molecule has 0 aliphatic carbocycles. The SMILES string of the molecule is Cc1ccc(F)c2nc(C(CN(Cc3ccccc3)C(=O)O)c3ccc(F)cc3)[nH]c(=O)c12. The van der Waals surface area contributed by atoms with Gasteiger partial charge >= 0.3 is 6.09 Å². The molecule has 4 rings (SSSR count). The second-order valence-electron chi connectivity index (χ2n) is 7.79. The minimum atomic E-state index is -1.17. The molecule has 1 atom stereocenters. The topological polar surface area (TPSA) is 86.3 Å². The molecule has 1 amide bonds. The first-order valence-corrected chi connectivity index (χ1v) is 10.3. The number of hydrogen-bond acceptors (Lipinski definition) is 3. The molecule has 1 aromatic heterocycles. The van der Waals surface area contributed by atoms with E-state index in [9.17, 15) is 23.5 Å². The van der Waals surface area contributed by atoms with Gasteiger partial charge in [0.15, 0.2) is 0 Å². The van der Waals surface area contributed by atoms with Gasteiger partial charge in [0, 0.05) is 13.1 Å². The zero-order valence-electron chi connectivity index (χ0n) is 17.8. The predicted molar refractivity (Wildman–Crippen MR) is 120 cm³/mol. The molecule has 0 saturated heterocycles. The molecule has 0 aliphatic heterocycles. The minimum absolute atomic E-state index is 0.0856. The van der Waals surface area contributed by atoms with Crippen molar-refractivity contribution < 1.29 is 18.7 Å². The van der Waals surface area contributed by atoms with Crippen LogP contribution >= 0.6 is 0 Å². The smallest absolute Gasteiger partial charge is 0.407 e. The molecule has 2 N–H and O–H groups in total. The van der Waals surface area contributed by atoms with Gasteiger partial charge in [-0.05, 0) is 41.8 Å². The van der Waals surface area contributed by atoms with E-state index in [1.54, 1.807) is 31.2 Å². The fourth-order valence-electron chi connectivity index (χ4n) is 3.83. The Kier molecular flexibility index (Phi) is 6.17. The molecule has 8 heteroatoms. The third-order valence-corrected chi connectivity index (χ3v) is 5.53. The molecule has 0 aliphatic rings. The highest BCUT2D eigenvalue weighted by Gasteiger charge is 2.25. The summed E-state index contributed by atoms with van der Waals surface area (Å²) in [4.78, 5) is 33.1. The first-order valence-electron chi connectivity index (χ1n) is 10.3. The number of carbonyl (C=O) groups is 1. The molecule has 0 fully saturated rings. The molecular formula is C25H21F2N3O3. The monoisotopic (exact) mass is 449 g/mol. The summed E-state index contributed by atoms with van der Waals surface area (Å²) in [6.45, 7) is 1.69. The lowest BCUT2D eigenvalue weighted by Crippen LogP contribution is -2.34. The molecule has 168 valence electrons. The fourth-order valence-corrected chi connectivity index (χ4v) is 3.83. The van der Waals surface area contributed by atoms with Crippen molar-refractivity contribution in [2.45, 2.75) is 19.4 Å². The second kappa shape index (κ2) is 9.20. The molecule has 1 unspecified atom stereocenters. The fraction of sp³-hybridized carbons (Fsp3) is 0.160. The molecule has 1 heterocycles. The summed E-state index contributed by atoms with van der Waals surface area (Å²) in [6.07, 6.45) is -1.17. The van der Waals surface area contributed by atoms with Crippen LogP contribution in [0.3, 0.4) is 0 Å². The predicted octanol–water partition coefficient (Wildman–Crippen LogP) is 4.82. The van der Waals surface area contributed by atoms with Gasteiger partial charge in [-0.15, -0.1) is 0 Å². The number of benzene rings is 3. The first kappa shape index (κ1) is 22.1. The molecule has 6 nitrogen and oxygen atoms in total. The Labute approximate surface area is 188 Å². The number of carboxylic acid groups (broad SMARTS) is 1. The Morgan fingerprint density at radius 2 is 1.76 bits per heavy atom. The van der Waals surface area contributed by atoms with Crippen molar-refractivity contribution in [2.75, 3.05) is 6.54 Å². The van der Waals surface area contributed by atoms with Crippen LogP contribution in [-0.2, 0) is 6.54 Å². The summed E-state index contributed by atoms with van der Waals surface area (Å²) in [5.74, 6) is -1.77. The van der Waals surface area contributed by atoms with E-state index in [0.29, 0.717) is 11.1 Å². The van der Waals surface area contributed by atoms with Crippen LogP contribution in [0.1, 0.15) is 28.4 Å². The van der Waals surface area contributed by atoms with Crippen molar-refractivity contribution in [3.63, 3.8) is 0 Å². The molecule has 0 saturated carbocycles. The van der Waals surface area contributed by atoms with Gasteiger partial charge in [0.2, 0.25) is 0 Å². The largest absolute Gasteiger partial charge is 0.465 e. The molecule has 0 spiro atoms. The van der Waals surface area contributed by atoms with E-state index < -0.39 is 29.2 Å². The van der Waals surface area contributed by atoms with E-state index in [-0.39, 0.29) is 29.8 Å². The normalized spacial score (nSPS) is 12.0. The Balaban J connectivity index is 1.82. The van der Waals surface area contributed by atoms with E-state index in [2.05, 4.69) is 9.97 Å². The van der Waals surface area contributed by atoms with Crippen LogP contribution in [0.15, 0.2) is 71.5 Å². The molecular weight excluding hydrogens is 428 g/mol. The van der Waals surface area contributed by atoms with E-state index in [0.717, 1.165) is 5.56 Å². The Morgan fingerprint density at radius 3 is 2.42 bits per heavy atom. The summed E-state index contributed by atoms with van der Waals surface area (Å²) in [7, 11) is 0. The molecule has 0 bridgehead atoms. The van der Waals surface area contributed by atoms with Crippen molar-refractivity contribution in [2.24, 2.45) is 0 Å². The van der Waals surface area contributed by atoms with E-state index >= 15 is 0 Å². The zero-order chi connectivity index (χ0) is 23.5. The lowest BCUT2D eigenvalue weighted by Gasteiger charge is -2.25. The highest BCUT2D eigenvalue weighted by Crippen LogP contribution is 2.26. The van der Waals surface area contributed by atoms with Gasteiger partial charge in [-0.3, -0.25) is 4.79 Å². The number of aryl methyl sites for hydroxylation is 1. The third kappa shape index (κ3) is 4.74. The molecule has 4 aromatic rings. The Hall–Kier alpha value is -4.07. The maximum Gasteiger partial charge on any atom is 0.407 e. The van der Waals surface area contributed by atoms with Crippen LogP contribution < -0.4 is 5.56 Å². The summed E-state index contributed by atoms with van der Waals surface area (Å²) >= 11 is 0. The van der Waals surface area contributed by atoms with E-state index in [4.69, 9.17) is 0 Å². The maximum absolute atomic E-state index is 14.6. The molecule has 3 aromatic carbocycles. The molecule has 33 heavy (non-hydrogen) atoms. The number of hydrogen-bond donors (Lipinski definition) is 2. The van der Waals surface area contributed by atoms with E-state index in [1.807, 2.05) is 6.07 Å². The van der Waals surface area contributed by atoms with Gasteiger partial charge in [-0.1, -0.05) is 48.5 Å². The average molecular weight is 449 g/mol. The molecule has 0 radical (unpaired) electrons. The van der Waals surface area contributed by atoms with Crippen molar-refractivity contribution in [3.05, 3.63) is 111 Å². The number of nitrogens with zero attached hydrogens (tertiary/aromatic N) is 2. The third-order valence-electron chi connectivity index (χ3n) is 5.53.